The number of carbonyl (C=O) groups excluding carboxylic acids is 2. The van der Waals surface area contributed by atoms with Gasteiger partial charge in [-0.05, 0) is 54.9 Å². The largest absolute Gasteiger partial charge is 0.346 e. The molecule has 30 heavy (non-hydrogen) atoms. The van der Waals surface area contributed by atoms with Gasteiger partial charge in [0.15, 0.2) is 0 Å². The van der Waals surface area contributed by atoms with E-state index >= 15 is 0 Å². The Kier molecular flexibility index (Phi) is 4.39. The fraction of sp³-hybridized carbons (Fsp3) is 0.478. The number of amides is 2. The molecule has 7 nitrogen and oxygen atoms in total. The van der Waals surface area contributed by atoms with Crippen molar-refractivity contribution in [2.75, 3.05) is 18.4 Å². The number of pyridine rings is 1. The van der Waals surface area contributed by atoms with Crippen LogP contribution < -0.4 is 5.32 Å². The summed E-state index contributed by atoms with van der Waals surface area (Å²) in [5, 5.41) is 13.2. The number of aromatic amines is 1. The quantitative estimate of drug-likeness (QED) is 0.798. The van der Waals surface area contributed by atoms with E-state index < -0.39 is 5.41 Å². The predicted octanol–water partition coefficient (Wildman–Crippen LogP) is 3.47. The smallest absolute Gasteiger partial charge is 0.228 e. The summed E-state index contributed by atoms with van der Waals surface area (Å²) in [6.45, 7) is 3.28. The zero-order valence-corrected chi connectivity index (χ0v) is 17.1. The number of fused-ring (bicyclic) bond motifs is 1. The van der Waals surface area contributed by atoms with Crippen molar-refractivity contribution in [1.29, 1.82) is 5.26 Å². The normalized spacial score (nSPS) is 22.3. The van der Waals surface area contributed by atoms with Crippen LogP contribution in [-0.4, -0.2) is 39.8 Å². The van der Waals surface area contributed by atoms with Gasteiger partial charge in [0, 0.05) is 37.0 Å². The van der Waals surface area contributed by atoms with Crippen molar-refractivity contribution in [3.05, 3.63) is 30.0 Å². The highest BCUT2D eigenvalue weighted by molar-refractivity contribution is 5.97. The van der Waals surface area contributed by atoms with Crippen molar-refractivity contribution < 1.29 is 9.59 Å². The molecule has 0 spiro atoms. The highest BCUT2D eigenvalue weighted by Gasteiger charge is 2.46. The molecule has 2 aromatic heterocycles. The Hall–Kier alpha value is -3.14. The van der Waals surface area contributed by atoms with Crippen molar-refractivity contribution in [3.8, 4) is 6.07 Å². The third-order valence-corrected chi connectivity index (χ3v) is 6.53. The van der Waals surface area contributed by atoms with Crippen LogP contribution in [0, 0.1) is 28.6 Å². The van der Waals surface area contributed by atoms with Crippen LogP contribution in [0.1, 0.15) is 44.6 Å². The van der Waals surface area contributed by atoms with Crippen LogP contribution in [0.25, 0.3) is 16.6 Å². The third-order valence-electron chi connectivity index (χ3n) is 6.53. The Morgan fingerprint density at radius 1 is 1.40 bits per heavy atom. The molecule has 2 aromatic rings. The summed E-state index contributed by atoms with van der Waals surface area (Å²) in [7, 11) is 0. The van der Waals surface area contributed by atoms with Gasteiger partial charge in [-0.15, -0.1) is 0 Å². The van der Waals surface area contributed by atoms with Gasteiger partial charge in [0.2, 0.25) is 11.8 Å². The average molecular weight is 403 g/mol. The van der Waals surface area contributed by atoms with Crippen LogP contribution >= 0.6 is 0 Å². The lowest BCUT2D eigenvalue weighted by atomic mass is 9.89. The molecule has 0 aromatic carbocycles. The van der Waals surface area contributed by atoms with E-state index in [1.54, 1.807) is 0 Å². The topological polar surface area (TPSA) is 102 Å². The molecule has 3 heterocycles. The Labute approximate surface area is 175 Å². The van der Waals surface area contributed by atoms with E-state index in [0.717, 1.165) is 47.9 Å². The van der Waals surface area contributed by atoms with Gasteiger partial charge in [-0.2, -0.15) is 5.26 Å². The van der Waals surface area contributed by atoms with Crippen molar-refractivity contribution in [2.24, 2.45) is 17.3 Å². The zero-order chi connectivity index (χ0) is 20.9. The molecule has 154 valence electrons. The van der Waals surface area contributed by atoms with Crippen molar-refractivity contribution in [2.45, 2.75) is 39.0 Å². The summed E-state index contributed by atoms with van der Waals surface area (Å²) in [6.07, 6.45) is 7.84. The van der Waals surface area contributed by atoms with Crippen LogP contribution in [0.15, 0.2) is 24.4 Å². The van der Waals surface area contributed by atoms with E-state index in [1.807, 2.05) is 23.2 Å². The van der Waals surface area contributed by atoms with Crippen LogP contribution in [0.3, 0.4) is 0 Å². The monoisotopic (exact) mass is 403 g/mol. The molecule has 2 fully saturated rings. The summed E-state index contributed by atoms with van der Waals surface area (Å²) in [4.78, 5) is 34.5. The van der Waals surface area contributed by atoms with Gasteiger partial charge in [-0.25, -0.2) is 4.98 Å². The third kappa shape index (κ3) is 3.47. The molecule has 0 radical (unpaired) electrons. The lowest BCUT2D eigenvalue weighted by Crippen LogP contribution is -2.39. The summed E-state index contributed by atoms with van der Waals surface area (Å²) >= 11 is 0. The number of carbonyl (C=O) groups is 2. The van der Waals surface area contributed by atoms with E-state index in [4.69, 9.17) is 0 Å². The lowest BCUT2D eigenvalue weighted by molar-refractivity contribution is -0.132. The fourth-order valence-electron chi connectivity index (χ4n) is 4.29. The number of H-pyrrole nitrogens is 1. The number of hydrogen-bond donors (Lipinski definition) is 2. The molecule has 1 aliphatic heterocycles. The van der Waals surface area contributed by atoms with E-state index in [-0.39, 0.29) is 23.7 Å². The molecule has 2 amide bonds. The van der Waals surface area contributed by atoms with Crippen LogP contribution in [-0.2, 0) is 9.59 Å². The van der Waals surface area contributed by atoms with Crippen LogP contribution in [0.2, 0.25) is 0 Å². The first-order chi connectivity index (χ1) is 14.5. The first kappa shape index (κ1) is 18.9. The molecule has 2 aliphatic carbocycles. The lowest BCUT2D eigenvalue weighted by Gasteiger charge is -2.32. The molecule has 1 atom stereocenters. The molecule has 2 saturated carbocycles. The number of aromatic nitrogens is 2. The van der Waals surface area contributed by atoms with Gasteiger partial charge in [-0.3, -0.25) is 9.59 Å². The van der Waals surface area contributed by atoms with Crippen LogP contribution in [0.4, 0.5) is 5.82 Å². The number of nitrogens with one attached hydrogen (secondary N) is 2. The number of nitriles is 1. The summed E-state index contributed by atoms with van der Waals surface area (Å²) < 4.78 is 0. The first-order valence-electron chi connectivity index (χ1n) is 10.7. The second-order valence-electron chi connectivity index (χ2n) is 8.99. The van der Waals surface area contributed by atoms with Gasteiger partial charge in [0.25, 0.3) is 0 Å². The second kappa shape index (κ2) is 6.98. The Morgan fingerprint density at radius 3 is 2.87 bits per heavy atom. The SMILES string of the molecule is CC1CN(C(=O)CC2(C#N)CC2)CC=C1c1cc(NC(=O)C2CC2)nc2[nH]ccc12. The average Bonchev–Trinajstić information content (AvgIpc) is 3.66. The molecular weight excluding hydrogens is 378 g/mol. The van der Waals surface area contributed by atoms with Gasteiger partial charge in [0.1, 0.15) is 11.5 Å². The number of hydrogen-bond acceptors (Lipinski definition) is 4. The first-order valence-corrected chi connectivity index (χ1v) is 10.7. The van der Waals surface area contributed by atoms with E-state index in [2.05, 4.69) is 34.4 Å². The predicted molar refractivity (Wildman–Crippen MR) is 113 cm³/mol. The molecular formula is C23H25N5O2. The second-order valence-corrected chi connectivity index (χ2v) is 8.99. The van der Waals surface area contributed by atoms with Gasteiger partial charge < -0.3 is 15.2 Å². The van der Waals surface area contributed by atoms with E-state index in [1.165, 1.54) is 0 Å². The maximum atomic E-state index is 12.7. The van der Waals surface area contributed by atoms with E-state index in [0.29, 0.717) is 25.3 Å². The summed E-state index contributed by atoms with van der Waals surface area (Å²) in [5.74, 6) is 0.925. The maximum Gasteiger partial charge on any atom is 0.228 e. The minimum absolute atomic E-state index is 0.0355. The Bertz CT molecular complexity index is 1100. The summed E-state index contributed by atoms with van der Waals surface area (Å²) in [6, 6.07) is 6.26. The van der Waals surface area contributed by atoms with E-state index in [9.17, 15) is 14.9 Å². The number of rotatable bonds is 5. The highest BCUT2D eigenvalue weighted by atomic mass is 16.2. The van der Waals surface area contributed by atoms with Gasteiger partial charge >= 0.3 is 0 Å². The molecule has 7 heteroatoms. The highest BCUT2D eigenvalue weighted by Crippen LogP contribution is 2.48. The maximum absolute atomic E-state index is 12.7. The fourth-order valence-corrected chi connectivity index (χ4v) is 4.29. The molecule has 2 N–H and O–H groups in total. The van der Waals surface area contributed by atoms with Crippen molar-refractivity contribution in [1.82, 2.24) is 14.9 Å². The van der Waals surface area contributed by atoms with Gasteiger partial charge in [0.05, 0.1) is 11.5 Å². The molecule has 1 unspecified atom stereocenters. The Balaban J connectivity index is 1.40. The van der Waals surface area contributed by atoms with Crippen molar-refractivity contribution >= 4 is 34.2 Å². The number of anilines is 1. The molecule has 0 saturated heterocycles. The molecule has 0 bridgehead atoms. The molecule has 3 aliphatic rings. The van der Waals surface area contributed by atoms with Crippen molar-refractivity contribution in [3.63, 3.8) is 0 Å². The standard InChI is InChI=1S/C23H25N5O2/c1-14-12-28(20(29)11-23(13-24)6-7-23)9-5-16(14)18-10-19(27-22(30)15-2-3-15)26-21-17(18)4-8-25-21/h4-5,8,10,14-15H,2-3,6-7,9,11-12H2,1H3,(H2,25,26,27,30). The van der Waals surface area contributed by atoms with Gasteiger partial charge in [-0.1, -0.05) is 13.0 Å². The zero-order valence-electron chi connectivity index (χ0n) is 17.1. The number of nitrogens with zero attached hydrogens (tertiary/aromatic N) is 3. The minimum atomic E-state index is -0.415. The summed E-state index contributed by atoms with van der Waals surface area (Å²) in [5.41, 5.74) is 2.54. The minimum Gasteiger partial charge on any atom is -0.346 e. The molecule has 5 rings (SSSR count). The van der Waals surface area contributed by atoms with Crippen LogP contribution in [0.5, 0.6) is 0 Å². The Morgan fingerprint density at radius 2 is 2.20 bits per heavy atom.